The van der Waals surface area contributed by atoms with E-state index >= 15 is 0 Å². The summed E-state index contributed by atoms with van der Waals surface area (Å²) in [5.74, 6) is -4.05. The second-order valence-electron chi connectivity index (χ2n) is 6.03. The van der Waals surface area contributed by atoms with Crippen molar-refractivity contribution in [1.82, 2.24) is 5.32 Å². The van der Waals surface area contributed by atoms with E-state index in [1.807, 2.05) is 0 Å². The number of ether oxygens (including phenoxy) is 1. The zero-order valence-electron chi connectivity index (χ0n) is 13.9. The average molecular weight is 442 g/mol. The lowest BCUT2D eigenvalue weighted by Gasteiger charge is -2.36. The second-order valence-corrected chi connectivity index (χ2v) is 6.95. The number of benzene rings is 2. The van der Waals surface area contributed by atoms with Crippen LogP contribution in [0.3, 0.4) is 0 Å². The summed E-state index contributed by atoms with van der Waals surface area (Å²) < 4.78 is 46.1. The number of rotatable bonds is 4. The Morgan fingerprint density at radius 3 is 2.48 bits per heavy atom. The third-order valence-corrected chi connectivity index (χ3v) is 4.61. The molecule has 1 heterocycles. The molecule has 27 heavy (non-hydrogen) atoms. The number of halogens is 4. The Hall–Kier alpha value is -2.32. The Balaban J connectivity index is 1.77. The van der Waals surface area contributed by atoms with Crippen molar-refractivity contribution >= 4 is 27.9 Å². The summed E-state index contributed by atoms with van der Waals surface area (Å²) in [6.07, 6.45) is -3.88. The lowest BCUT2D eigenvalue weighted by Crippen LogP contribution is -2.55. The quantitative estimate of drug-likeness (QED) is 0.757. The molecule has 2 aromatic rings. The summed E-state index contributed by atoms with van der Waals surface area (Å²) in [7, 11) is 0. The maximum atomic E-state index is 13.4. The molecular formula is C19H15BrF3NO3. The van der Waals surface area contributed by atoms with E-state index in [4.69, 9.17) is 4.74 Å². The summed E-state index contributed by atoms with van der Waals surface area (Å²) in [4.78, 5) is 12.1. The van der Waals surface area contributed by atoms with Crippen molar-refractivity contribution in [3.8, 4) is 5.75 Å². The molecule has 8 heteroatoms. The van der Waals surface area contributed by atoms with Crippen LogP contribution in [0, 0.1) is 0 Å². The van der Waals surface area contributed by atoms with Crippen molar-refractivity contribution in [3.63, 3.8) is 0 Å². The van der Waals surface area contributed by atoms with Gasteiger partial charge in [-0.05, 0) is 29.8 Å². The van der Waals surface area contributed by atoms with Crippen LogP contribution in [0.4, 0.5) is 13.2 Å². The number of amides is 1. The molecular weight excluding hydrogens is 427 g/mol. The largest absolute Gasteiger partial charge is 0.460 e. The highest BCUT2D eigenvalue weighted by Gasteiger charge is 2.60. The van der Waals surface area contributed by atoms with Gasteiger partial charge in [-0.3, -0.25) is 4.79 Å². The molecule has 2 N–H and O–H groups in total. The minimum absolute atomic E-state index is 0.00243. The highest BCUT2D eigenvalue weighted by Crippen LogP contribution is 2.43. The predicted octanol–water partition coefficient (Wildman–Crippen LogP) is 3.83. The number of para-hydroxylation sites is 1. The fourth-order valence-corrected chi connectivity index (χ4v) is 2.92. The molecule has 1 unspecified atom stereocenters. The molecule has 0 radical (unpaired) electrons. The van der Waals surface area contributed by atoms with Crippen LogP contribution >= 0.6 is 15.9 Å². The van der Waals surface area contributed by atoms with Crippen LogP contribution in [-0.2, 0) is 11.2 Å². The van der Waals surface area contributed by atoms with E-state index in [-0.39, 0.29) is 12.2 Å². The summed E-state index contributed by atoms with van der Waals surface area (Å²) in [6, 6.07) is 13.0. The number of fused-ring (bicyclic) bond motifs is 1. The molecule has 1 amide bonds. The van der Waals surface area contributed by atoms with Crippen molar-refractivity contribution in [2.75, 3.05) is 6.54 Å². The van der Waals surface area contributed by atoms with Crippen molar-refractivity contribution in [2.45, 2.75) is 18.4 Å². The molecule has 0 saturated heterocycles. The van der Waals surface area contributed by atoms with E-state index in [1.165, 1.54) is 18.2 Å². The predicted molar refractivity (Wildman–Crippen MR) is 96.9 cm³/mol. The van der Waals surface area contributed by atoms with Gasteiger partial charge in [-0.25, -0.2) is 0 Å². The highest BCUT2D eigenvalue weighted by molar-refractivity contribution is 9.10. The van der Waals surface area contributed by atoms with E-state index in [1.54, 1.807) is 36.4 Å². The van der Waals surface area contributed by atoms with Crippen LogP contribution in [0.2, 0.25) is 0 Å². The molecule has 0 saturated carbocycles. The Morgan fingerprint density at radius 1 is 1.15 bits per heavy atom. The number of alkyl halides is 3. The van der Waals surface area contributed by atoms with Gasteiger partial charge in [-0.15, -0.1) is 0 Å². The van der Waals surface area contributed by atoms with Crippen molar-refractivity contribution in [3.05, 3.63) is 69.7 Å². The minimum atomic E-state index is -5.07. The van der Waals surface area contributed by atoms with Gasteiger partial charge in [0.25, 0.3) is 0 Å². The van der Waals surface area contributed by atoms with Gasteiger partial charge in [0.05, 0.1) is 6.42 Å². The lowest BCUT2D eigenvalue weighted by molar-refractivity contribution is -0.317. The van der Waals surface area contributed by atoms with Crippen LogP contribution in [-0.4, -0.2) is 29.5 Å². The molecule has 0 aromatic heterocycles. The van der Waals surface area contributed by atoms with E-state index in [2.05, 4.69) is 21.2 Å². The van der Waals surface area contributed by atoms with Crippen LogP contribution < -0.4 is 10.1 Å². The number of aliphatic hydroxyl groups is 1. The monoisotopic (exact) mass is 441 g/mol. The third kappa shape index (κ3) is 4.17. The van der Waals surface area contributed by atoms with Crippen LogP contribution in [0.15, 0.2) is 58.6 Å². The van der Waals surface area contributed by atoms with Crippen LogP contribution in [0.1, 0.15) is 11.1 Å². The average Bonchev–Trinajstić information content (AvgIpc) is 2.61. The molecule has 0 spiro atoms. The van der Waals surface area contributed by atoms with Crippen molar-refractivity contribution in [2.24, 2.45) is 0 Å². The fourth-order valence-electron chi connectivity index (χ4n) is 2.66. The Kier molecular flexibility index (Phi) is 5.30. The Morgan fingerprint density at radius 2 is 1.81 bits per heavy atom. The maximum absolute atomic E-state index is 13.4. The zero-order valence-corrected chi connectivity index (χ0v) is 15.5. The van der Waals surface area contributed by atoms with E-state index < -0.39 is 30.0 Å². The molecule has 3 rings (SSSR count). The molecule has 2 aromatic carbocycles. The zero-order chi connectivity index (χ0) is 19.7. The summed E-state index contributed by atoms with van der Waals surface area (Å²) in [5.41, 5.74) is 0.613. The van der Waals surface area contributed by atoms with Gasteiger partial charge >= 0.3 is 12.0 Å². The topological polar surface area (TPSA) is 58.6 Å². The summed E-state index contributed by atoms with van der Waals surface area (Å²) in [6.45, 7) is -0.500. The van der Waals surface area contributed by atoms with Gasteiger partial charge in [0, 0.05) is 22.2 Å². The van der Waals surface area contributed by atoms with Gasteiger partial charge in [-0.1, -0.05) is 46.3 Å². The molecule has 1 aliphatic rings. The SMILES string of the molecule is O=C(Cc1ccc(Br)cc1)NCC1=Cc2ccccc2OC1(O)C(F)(F)F. The van der Waals surface area contributed by atoms with E-state index in [0.717, 1.165) is 4.47 Å². The number of carbonyl (C=O) groups is 1. The molecule has 0 fully saturated rings. The van der Waals surface area contributed by atoms with Crippen LogP contribution in [0.25, 0.3) is 6.08 Å². The smallest absolute Gasteiger partial charge is 0.449 e. The third-order valence-electron chi connectivity index (χ3n) is 4.08. The fraction of sp³-hybridized carbons (Fsp3) is 0.211. The van der Waals surface area contributed by atoms with E-state index in [9.17, 15) is 23.1 Å². The Labute approximate surface area is 161 Å². The standard InChI is InChI=1S/C19H15BrF3NO3/c20-15-7-5-12(6-8-15)9-17(25)24-11-14-10-13-3-1-2-4-16(13)27-18(14,26)19(21,22)23/h1-8,10,26H,9,11H2,(H,24,25). The second kappa shape index (κ2) is 7.36. The molecule has 0 aliphatic carbocycles. The van der Waals surface area contributed by atoms with Gasteiger partial charge in [0.2, 0.25) is 5.91 Å². The molecule has 142 valence electrons. The van der Waals surface area contributed by atoms with Crippen molar-refractivity contribution in [1.29, 1.82) is 0 Å². The lowest BCUT2D eigenvalue weighted by atomic mass is 9.98. The minimum Gasteiger partial charge on any atom is -0.449 e. The summed E-state index contributed by atoms with van der Waals surface area (Å²) in [5, 5.41) is 12.6. The first kappa shape index (κ1) is 19.4. The molecule has 4 nitrogen and oxygen atoms in total. The first-order valence-electron chi connectivity index (χ1n) is 7.98. The first-order chi connectivity index (χ1) is 12.7. The molecule has 0 bridgehead atoms. The van der Waals surface area contributed by atoms with Gasteiger partial charge < -0.3 is 15.2 Å². The van der Waals surface area contributed by atoms with Gasteiger partial charge in [0.15, 0.2) is 0 Å². The van der Waals surface area contributed by atoms with Gasteiger partial charge in [0.1, 0.15) is 5.75 Å². The maximum Gasteiger partial charge on any atom is 0.460 e. The van der Waals surface area contributed by atoms with E-state index in [0.29, 0.717) is 11.1 Å². The number of nitrogens with one attached hydrogen (secondary N) is 1. The molecule has 1 aliphatic heterocycles. The normalized spacial score (nSPS) is 18.9. The number of hydrogen-bond acceptors (Lipinski definition) is 3. The first-order valence-corrected chi connectivity index (χ1v) is 8.78. The number of hydrogen-bond donors (Lipinski definition) is 2. The highest BCUT2D eigenvalue weighted by atomic mass is 79.9. The summed E-state index contributed by atoms with van der Waals surface area (Å²) >= 11 is 3.28. The van der Waals surface area contributed by atoms with Gasteiger partial charge in [-0.2, -0.15) is 13.2 Å². The number of carbonyl (C=O) groups excluding carboxylic acids is 1. The Bertz CT molecular complexity index is 881. The van der Waals surface area contributed by atoms with Crippen LogP contribution in [0.5, 0.6) is 5.75 Å². The van der Waals surface area contributed by atoms with Crippen molar-refractivity contribution < 1.29 is 27.8 Å². The molecule has 1 atom stereocenters.